The number of ether oxygens (including phenoxy) is 1. The molecule has 6 nitrogen and oxygen atoms in total. The van der Waals surface area contributed by atoms with Gasteiger partial charge < -0.3 is 14.6 Å². The number of nitrogens with zero attached hydrogens (tertiary/aromatic N) is 3. The Labute approximate surface area is 206 Å². The van der Waals surface area contributed by atoms with E-state index in [0.29, 0.717) is 12.5 Å². The van der Waals surface area contributed by atoms with Gasteiger partial charge in [-0.25, -0.2) is 4.98 Å². The number of hydrogen-bond acceptors (Lipinski definition) is 5. The zero-order valence-corrected chi connectivity index (χ0v) is 21.4. The Kier molecular flexibility index (Phi) is 8.51. The molecule has 0 saturated heterocycles. The predicted octanol–water partition coefficient (Wildman–Crippen LogP) is 5.89. The lowest BCUT2D eigenvalue weighted by Crippen LogP contribution is -2.30. The number of carbonyl (C=O) groups is 1. The van der Waals surface area contributed by atoms with E-state index in [2.05, 4.69) is 33.2 Å². The van der Waals surface area contributed by atoms with Gasteiger partial charge in [0.2, 0.25) is 0 Å². The fourth-order valence-corrected chi connectivity index (χ4v) is 5.61. The average Bonchev–Trinajstić information content (AvgIpc) is 3.49. The lowest BCUT2D eigenvalue weighted by molar-refractivity contribution is 0.0943. The Morgan fingerprint density at radius 3 is 2.85 bits per heavy atom. The largest absolute Gasteiger partial charge is 0.385 e. The first-order valence-electron chi connectivity index (χ1n) is 12.5. The van der Waals surface area contributed by atoms with Crippen LogP contribution in [-0.2, 0) is 17.7 Å². The molecule has 0 aliphatic heterocycles. The normalized spacial score (nSPS) is 14.4. The van der Waals surface area contributed by atoms with Gasteiger partial charge in [-0.1, -0.05) is 26.2 Å². The monoisotopic (exact) mass is 480 g/mol. The number of aryl methyl sites for hydroxylation is 1. The van der Waals surface area contributed by atoms with Crippen LogP contribution in [-0.4, -0.2) is 40.7 Å². The van der Waals surface area contributed by atoms with Crippen LogP contribution in [0.4, 0.5) is 0 Å². The molecule has 1 saturated carbocycles. The second kappa shape index (κ2) is 11.8. The van der Waals surface area contributed by atoms with Crippen LogP contribution in [0.1, 0.15) is 67.2 Å². The first-order valence-corrected chi connectivity index (χ1v) is 13.4. The molecule has 4 rings (SSSR count). The van der Waals surface area contributed by atoms with Crippen LogP contribution >= 0.6 is 11.3 Å². The molecule has 1 N–H and O–H groups in total. The third-order valence-electron chi connectivity index (χ3n) is 6.81. The number of hydrogen-bond donors (Lipinski definition) is 1. The Hall–Kier alpha value is -2.51. The summed E-state index contributed by atoms with van der Waals surface area (Å²) in [6, 6.07) is 6.13. The van der Waals surface area contributed by atoms with Gasteiger partial charge in [0.1, 0.15) is 5.01 Å². The number of carbonyl (C=O) groups excluding carboxylic acids is 1. The zero-order chi connectivity index (χ0) is 23.9. The van der Waals surface area contributed by atoms with Crippen molar-refractivity contribution in [2.45, 2.75) is 65.3 Å². The van der Waals surface area contributed by atoms with E-state index >= 15 is 0 Å². The maximum absolute atomic E-state index is 13.2. The SMILES string of the molecule is CCc1cc(-c2nc(-c3cc(C(=O)NCC4CCCCC4)c(C)n3CCCOC)cs2)ccn1. The Morgan fingerprint density at radius 2 is 2.09 bits per heavy atom. The van der Waals surface area contributed by atoms with Crippen LogP contribution in [0.3, 0.4) is 0 Å². The molecule has 3 heterocycles. The summed E-state index contributed by atoms with van der Waals surface area (Å²) in [6.45, 7) is 6.38. The molecule has 0 atom stereocenters. The highest BCUT2D eigenvalue weighted by Crippen LogP contribution is 2.32. The predicted molar refractivity (Wildman–Crippen MR) is 138 cm³/mol. The highest BCUT2D eigenvalue weighted by Gasteiger charge is 2.21. The zero-order valence-electron chi connectivity index (χ0n) is 20.6. The minimum atomic E-state index is 0.0204. The molecule has 1 aliphatic rings. The third kappa shape index (κ3) is 5.76. The van der Waals surface area contributed by atoms with E-state index in [1.165, 1.54) is 32.1 Å². The molecular weight excluding hydrogens is 444 g/mol. The maximum Gasteiger partial charge on any atom is 0.253 e. The Balaban J connectivity index is 1.59. The Morgan fingerprint density at radius 1 is 1.26 bits per heavy atom. The number of aromatic nitrogens is 3. The topological polar surface area (TPSA) is 69.0 Å². The number of pyridine rings is 1. The lowest BCUT2D eigenvalue weighted by Gasteiger charge is -2.21. The van der Waals surface area contributed by atoms with Gasteiger partial charge in [-0.3, -0.25) is 9.78 Å². The number of rotatable bonds is 10. The average molecular weight is 481 g/mol. The van der Waals surface area contributed by atoms with Crippen molar-refractivity contribution < 1.29 is 9.53 Å². The second-order valence-electron chi connectivity index (χ2n) is 9.17. The fraction of sp³-hybridized carbons (Fsp3) is 0.519. The van der Waals surface area contributed by atoms with E-state index in [0.717, 1.165) is 64.8 Å². The summed E-state index contributed by atoms with van der Waals surface area (Å²) in [5, 5.41) is 6.27. The summed E-state index contributed by atoms with van der Waals surface area (Å²) in [7, 11) is 1.72. The smallest absolute Gasteiger partial charge is 0.253 e. The minimum Gasteiger partial charge on any atom is -0.385 e. The van der Waals surface area contributed by atoms with Crippen LogP contribution in [0.15, 0.2) is 29.8 Å². The summed E-state index contributed by atoms with van der Waals surface area (Å²) in [6.07, 6.45) is 9.95. The molecule has 0 radical (unpaired) electrons. The van der Waals surface area contributed by atoms with Gasteiger partial charge >= 0.3 is 0 Å². The molecule has 7 heteroatoms. The molecule has 3 aromatic rings. The van der Waals surface area contributed by atoms with Crippen LogP contribution in [0, 0.1) is 12.8 Å². The molecule has 1 fully saturated rings. The molecule has 0 bridgehead atoms. The highest BCUT2D eigenvalue weighted by molar-refractivity contribution is 7.13. The summed E-state index contributed by atoms with van der Waals surface area (Å²) >= 11 is 1.63. The molecule has 0 spiro atoms. The summed E-state index contributed by atoms with van der Waals surface area (Å²) in [5.74, 6) is 0.628. The van der Waals surface area contributed by atoms with E-state index in [1.807, 2.05) is 25.3 Å². The van der Waals surface area contributed by atoms with Crippen LogP contribution in [0.2, 0.25) is 0 Å². The van der Waals surface area contributed by atoms with Crippen molar-refractivity contribution in [2.75, 3.05) is 20.3 Å². The van der Waals surface area contributed by atoms with Crippen molar-refractivity contribution in [3.8, 4) is 22.0 Å². The van der Waals surface area contributed by atoms with Gasteiger partial charge in [-0.15, -0.1) is 11.3 Å². The standard InChI is InChI=1S/C27H36N4O2S/c1-4-22-15-21(11-12-28-22)27-30-24(18-34-27)25-16-23(19(2)31(25)13-8-14-33-3)26(32)29-17-20-9-6-5-7-10-20/h11-12,15-16,18,20H,4-10,13-14,17H2,1-3H3,(H,29,32). The Bertz CT molecular complexity index is 1100. The first-order chi connectivity index (χ1) is 16.6. The van der Waals surface area contributed by atoms with Crippen LogP contribution < -0.4 is 5.32 Å². The van der Waals surface area contributed by atoms with Crippen molar-refractivity contribution in [2.24, 2.45) is 5.92 Å². The molecular formula is C27H36N4O2S. The second-order valence-corrected chi connectivity index (χ2v) is 10.0. The molecule has 1 aliphatic carbocycles. The first kappa shape index (κ1) is 24.6. The van der Waals surface area contributed by atoms with Crippen LogP contribution in [0.25, 0.3) is 22.0 Å². The molecule has 0 unspecified atom stereocenters. The van der Waals surface area contributed by atoms with E-state index < -0.39 is 0 Å². The molecule has 3 aromatic heterocycles. The van der Waals surface area contributed by atoms with E-state index in [4.69, 9.17) is 9.72 Å². The van der Waals surface area contributed by atoms with Crippen molar-refractivity contribution >= 4 is 17.2 Å². The number of methoxy groups -OCH3 is 1. The van der Waals surface area contributed by atoms with Crippen molar-refractivity contribution in [1.29, 1.82) is 0 Å². The van der Waals surface area contributed by atoms with Gasteiger partial charge in [0, 0.05) is 55.3 Å². The summed E-state index contributed by atoms with van der Waals surface area (Å²) in [4.78, 5) is 22.5. The minimum absolute atomic E-state index is 0.0204. The molecule has 34 heavy (non-hydrogen) atoms. The number of thiazole rings is 1. The van der Waals surface area contributed by atoms with Gasteiger partial charge in [-0.2, -0.15) is 0 Å². The molecule has 182 valence electrons. The van der Waals surface area contributed by atoms with Crippen molar-refractivity contribution in [1.82, 2.24) is 19.9 Å². The summed E-state index contributed by atoms with van der Waals surface area (Å²) in [5.41, 5.74) is 5.77. The van der Waals surface area contributed by atoms with Gasteiger partial charge in [-0.05, 0) is 56.7 Å². The molecule has 1 amide bonds. The fourth-order valence-electron chi connectivity index (χ4n) is 4.79. The van der Waals surface area contributed by atoms with Gasteiger partial charge in [0.15, 0.2) is 0 Å². The van der Waals surface area contributed by atoms with Crippen LogP contribution in [0.5, 0.6) is 0 Å². The van der Waals surface area contributed by atoms with E-state index in [1.54, 1.807) is 18.4 Å². The maximum atomic E-state index is 13.2. The van der Waals surface area contributed by atoms with Gasteiger partial charge in [0.05, 0.1) is 17.0 Å². The van der Waals surface area contributed by atoms with Crippen molar-refractivity contribution in [3.05, 3.63) is 46.7 Å². The highest BCUT2D eigenvalue weighted by atomic mass is 32.1. The van der Waals surface area contributed by atoms with Crippen molar-refractivity contribution in [3.63, 3.8) is 0 Å². The lowest BCUT2D eigenvalue weighted by atomic mass is 9.89. The summed E-state index contributed by atoms with van der Waals surface area (Å²) < 4.78 is 7.50. The number of amides is 1. The molecule has 0 aromatic carbocycles. The van der Waals surface area contributed by atoms with E-state index in [9.17, 15) is 4.79 Å². The number of nitrogens with one attached hydrogen (secondary N) is 1. The van der Waals surface area contributed by atoms with Gasteiger partial charge in [0.25, 0.3) is 5.91 Å². The third-order valence-corrected chi connectivity index (χ3v) is 7.70. The van der Waals surface area contributed by atoms with E-state index in [-0.39, 0.29) is 5.91 Å². The quantitative estimate of drug-likeness (QED) is 0.367.